The first-order chi connectivity index (χ1) is 17.1. The molecule has 0 spiro atoms. The van der Waals surface area contributed by atoms with Gasteiger partial charge in [0.15, 0.2) is 5.13 Å². The van der Waals surface area contributed by atoms with Crippen LogP contribution in [0.25, 0.3) is 22.6 Å². The Balaban J connectivity index is 1.29. The smallest absolute Gasteiger partial charge is 0.254 e. The van der Waals surface area contributed by atoms with E-state index in [0.717, 1.165) is 46.5 Å². The number of aryl methyl sites for hydroxylation is 1. The number of imidazole rings is 1. The Morgan fingerprint density at radius 2 is 1.74 bits per heavy atom. The number of hydrogen-bond acceptors (Lipinski definition) is 4. The fourth-order valence-corrected chi connectivity index (χ4v) is 4.95. The highest BCUT2D eigenvalue weighted by atomic mass is 32.1. The van der Waals surface area contributed by atoms with Crippen molar-refractivity contribution in [3.05, 3.63) is 102 Å². The lowest BCUT2D eigenvalue weighted by Crippen LogP contribution is -2.27. The summed E-state index contributed by atoms with van der Waals surface area (Å²) >= 11 is 1.63. The van der Waals surface area contributed by atoms with Crippen LogP contribution in [-0.4, -0.2) is 22.6 Å². The first-order valence-corrected chi connectivity index (χ1v) is 12.9. The summed E-state index contributed by atoms with van der Waals surface area (Å²) in [5, 5.41) is 6.51. The Morgan fingerprint density at radius 1 is 0.971 bits per heavy atom. The number of anilines is 3. The van der Waals surface area contributed by atoms with E-state index in [1.165, 1.54) is 11.3 Å². The van der Waals surface area contributed by atoms with Crippen LogP contribution in [0.15, 0.2) is 96.9 Å². The normalized spacial score (nSPS) is 10.9. The van der Waals surface area contributed by atoms with E-state index in [4.69, 9.17) is 4.98 Å². The molecule has 176 valence electrons. The molecule has 0 aliphatic rings. The Labute approximate surface area is 211 Å². The fraction of sp³-hybridized carbons (Fsp3) is 0.172. The predicted molar refractivity (Wildman–Crippen MR) is 146 cm³/mol. The highest BCUT2D eigenvalue weighted by molar-refractivity contribution is 7.14. The zero-order valence-electron chi connectivity index (χ0n) is 20.3. The second-order valence-electron chi connectivity index (χ2n) is 8.44. The molecule has 0 fully saturated rings. The third-order valence-electron chi connectivity index (χ3n) is 6.24. The van der Waals surface area contributed by atoms with Crippen molar-refractivity contribution in [3.63, 3.8) is 0 Å². The molecule has 2 heterocycles. The highest BCUT2D eigenvalue weighted by Gasteiger charge is 2.11. The molecule has 0 atom stereocenters. The summed E-state index contributed by atoms with van der Waals surface area (Å²) in [4.78, 5) is 7.20. The molecule has 6 heteroatoms. The fourth-order valence-electron chi connectivity index (χ4n) is 4.22. The summed E-state index contributed by atoms with van der Waals surface area (Å²) in [5.74, 6) is 0. The SMILES string of the molecule is CCN(CC)c1ccc(Nc2nc(-c3ccc(-[n+]4ccn(-c5ccccc5)c4)cc3)cs2)c(C)c1. The summed E-state index contributed by atoms with van der Waals surface area (Å²) in [6.07, 6.45) is 6.22. The number of aromatic nitrogens is 3. The van der Waals surface area contributed by atoms with E-state index >= 15 is 0 Å². The van der Waals surface area contributed by atoms with Gasteiger partial charge in [0.1, 0.15) is 23.8 Å². The second-order valence-corrected chi connectivity index (χ2v) is 9.30. The lowest BCUT2D eigenvalue weighted by atomic mass is 10.1. The number of benzene rings is 3. The average molecular weight is 481 g/mol. The van der Waals surface area contributed by atoms with Crippen LogP contribution in [0.2, 0.25) is 0 Å². The molecule has 0 saturated heterocycles. The van der Waals surface area contributed by atoms with Crippen molar-refractivity contribution < 1.29 is 4.57 Å². The summed E-state index contributed by atoms with van der Waals surface area (Å²) in [6, 6.07) is 25.4. The van der Waals surface area contributed by atoms with Crippen molar-refractivity contribution in [3.8, 4) is 22.6 Å². The van der Waals surface area contributed by atoms with E-state index in [-0.39, 0.29) is 0 Å². The van der Waals surface area contributed by atoms with Gasteiger partial charge >= 0.3 is 0 Å². The highest BCUT2D eigenvalue weighted by Crippen LogP contribution is 2.30. The van der Waals surface area contributed by atoms with Crippen molar-refractivity contribution in [1.29, 1.82) is 0 Å². The third-order valence-corrected chi connectivity index (χ3v) is 6.99. The summed E-state index contributed by atoms with van der Waals surface area (Å²) in [5.41, 5.74) is 7.91. The topological polar surface area (TPSA) is 37.0 Å². The standard InChI is InChI=1S/C29H30N5S/c1-4-32(5-2)26-15-16-27(22(3)19-26)30-29-31-28(20-35-29)23-11-13-25(14-12-23)34-18-17-33(21-34)24-9-7-6-8-10-24/h6-21H,4-5H2,1-3H3,(H,30,31)/q+1. The zero-order valence-corrected chi connectivity index (χ0v) is 21.2. The number of rotatable bonds is 8. The van der Waals surface area contributed by atoms with Gasteiger partial charge in [-0.2, -0.15) is 0 Å². The van der Waals surface area contributed by atoms with E-state index in [1.807, 2.05) is 18.2 Å². The van der Waals surface area contributed by atoms with Crippen LogP contribution in [0.5, 0.6) is 0 Å². The molecule has 1 N–H and O–H groups in total. The lowest BCUT2D eigenvalue weighted by molar-refractivity contribution is -0.594. The van der Waals surface area contributed by atoms with Gasteiger partial charge in [0, 0.05) is 35.4 Å². The molecule has 0 aliphatic carbocycles. The number of para-hydroxylation sites is 1. The number of thiazole rings is 1. The first kappa shape index (κ1) is 22.9. The molecule has 0 amide bonds. The van der Waals surface area contributed by atoms with E-state index in [2.05, 4.69) is 119 Å². The molecule has 0 bridgehead atoms. The quantitative estimate of drug-likeness (QED) is 0.249. The maximum Gasteiger partial charge on any atom is 0.254 e. The van der Waals surface area contributed by atoms with Crippen molar-refractivity contribution in [2.45, 2.75) is 20.8 Å². The third kappa shape index (κ3) is 4.98. The molecule has 2 aromatic heterocycles. The molecule has 0 saturated carbocycles. The molecule has 0 radical (unpaired) electrons. The number of nitrogens with one attached hydrogen (secondary N) is 1. The van der Waals surface area contributed by atoms with Gasteiger partial charge in [-0.15, -0.1) is 11.3 Å². The molecule has 35 heavy (non-hydrogen) atoms. The van der Waals surface area contributed by atoms with Gasteiger partial charge in [0.2, 0.25) is 0 Å². The van der Waals surface area contributed by atoms with Gasteiger partial charge in [-0.1, -0.05) is 18.2 Å². The van der Waals surface area contributed by atoms with Crippen LogP contribution in [-0.2, 0) is 0 Å². The second kappa shape index (κ2) is 10.2. The van der Waals surface area contributed by atoms with Crippen LogP contribution in [0, 0.1) is 6.92 Å². The minimum atomic E-state index is 0.900. The number of nitrogens with zero attached hydrogens (tertiary/aromatic N) is 4. The van der Waals surface area contributed by atoms with Crippen molar-refractivity contribution in [2.75, 3.05) is 23.3 Å². The van der Waals surface area contributed by atoms with Crippen molar-refractivity contribution in [2.24, 2.45) is 0 Å². The summed E-state index contributed by atoms with van der Waals surface area (Å²) < 4.78 is 4.23. The maximum absolute atomic E-state index is 4.84. The minimum absolute atomic E-state index is 0.900. The van der Waals surface area contributed by atoms with Crippen molar-refractivity contribution >= 4 is 27.8 Å². The number of hydrogen-bond donors (Lipinski definition) is 1. The van der Waals surface area contributed by atoms with Gasteiger partial charge in [0.25, 0.3) is 6.33 Å². The lowest BCUT2D eigenvalue weighted by Gasteiger charge is -2.22. The average Bonchev–Trinajstić information content (AvgIpc) is 3.57. The molecule has 5 rings (SSSR count). The van der Waals surface area contributed by atoms with Crippen molar-refractivity contribution in [1.82, 2.24) is 9.55 Å². The van der Waals surface area contributed by atoms with Gasteiger partial charge in [-0.05, 0) is 80.9 Å². The Hall–Kier alpha value is -3.90. The molecule has 0 unspecified atom stereocenters. The Kier molecular flexibility index (Phi) is 6.64. The van der Waals surface area contributed by atoms with Gasteiger partial charge in [0.05, 0.1) is 5.69 Å². The zero-order chi connectivity index (χ0) is 24.2. The molecular weight excluding hydrogens is 450 g/mol. The largest absolute Gasteiger partial charge is 0.372 e. The van der Waals surface area contributed by atoms with E-state index in [1.54, 1.807) is 11.3 Å². The molecule has 5 aromatic rings. The van der Waals surface area contributed by atoms with Gasteiger partial charge in [-0.3, -0.25) is 0 Å². The first-order valence-electron chi connectivity index (χ1n) is 12.0. The van der Waals surface area contributed by atoms with Gasteiger partial charge in [-0.25, -0.2) is 14.1 Å². The van der Waals surface area contributed by atoms with Crippen LogP contribution in [0.4, 0.5) is 16.5 Å². The monoisotopic (exact) mass is 480 g/mol. The van der Waals surface area contributed by atoms with Crippen LogP contribution in [0.3, 0.4) is 0 Å². The maximum atomic E-state index is 4.84. The molecule has 5 nitrogen and oxygen atoms in total. The Bertz CT molecular complexity index is 1400. The van der Waals surface area contributed by atoms with Crippen LogP contribution < -0.4 is 14.8 Å². The Morgan fingerprint density at radius 3 is 2.46 bits per heavy atom. The molecular formula is C29H30N5S+. The summed E-state index contributed by atoms with van der Waals surface area (Å²) in [7, 11) is 0. The van der Waals surface area contributed by atoms with Crippen LogP contribution >= 0.6 is 11.3 Å². The van der Waals surface area contributed by atoms with E-state index < -0.39 is 0 Å². The van der Waals surface area contributed by atoms with Crippen LogP contribution in [0.1, 0.15) is 19.4 Å². The molecule has 0 aliphatic heterocycles. The van der Waals surface area contributed by atoms with E-state index in [9.17, 15) is 0 Å². The summed E-state index contributed by atoms with van der Waals surface area (Å²) in [6.45, 7) is 8.54. The van der Waals surface area contributed by atoms with Gasteiger partial charge < -0.3 is 10.2 Å². The molecule has 3 aromatic carbocycles. The minimum Gasteiger partial charge on any atom is -0.372 e. The predicted octanol–water partition coefficient (Wildman–Crippen LogP) is 6.78. The van der Waals surface area contributed by atoms with E-state index in [0.29, 0.717) is 0 Å².